The second kappa shape index (κ2) is 6.57. The van der Waals surface area contributed by atoms with Gasteiger partial charge in [-0.3, -0.25) is 13.9 Å². The van der Waals surface area contributed by atoms with E-state index in [1.54, 1.807) is 18.2 Å². The van der Waals surface area contributed by atoms with Crippen LogP contribution >= 0.6 is 0 Å². The predicted molar refractivity (Wildman–Crippen MR) is 98.8 cm³/mol. The van der Waals surface area contributed by atoms with Crippen molar-refractivity contribution in [3.8, 4) is 17.6 Å². The highest BCUT2D eigenvalue weighted by atomic mass is 16.5. The maximum absolute atomic E-state index is 13.0. The summed E-state index contributed by atoms with van der Waals surface area (Å²) in [6.45, 7) is 0. The van der Waals surface area contributed by atoms with Gasteiger partial charge in [-0.15, -0.1) is 0 Å². The zero-order valence-corrected chi connectivity index (χ0v) is 15.4. The Bertz CT molecular complexity index is 1120. The van der Waals surface area contributed by atoms with E-state index in [-0.39, 0.29) is 22.8 Å². The van der Waals surface area contributed by atoms with Gasteiger partial charge in [-0.2, -0.15) is 5.26 Å². The highest BCUT2D eigenvalue weighted by Gasteiger charge is 2.36. The fraction of sp³-hybridized carbons (Fsp3) is 0.278. The Labute approximate surface area is 154 Å². The molecule has 1 aliphatic heterocycles. The summed E-state index contributed by atoms with van der Waals surface area (Å²) in [6, 6.07) is 7.16. The molecule has 9 heteroatoms. The largest absolute Gasteiger partial charge is 0.497 e. The molecule has 27 heavy (non-hydrogen) atoms. The van der Waals surface area contributed by atoms with Gasteiger partial charge in [0.2, 0.25) is 0 Å². The Morgan fingerprint density at radius 3 is 2.48 bits per heavy atom. The molecule has 2 aromatic rings. The average molecular weight is 369 g/mol. The van der Waals surface area contributed by atoms with E-state index in [9.17, 15) is 14.9 Å². The topological polar surface area (TPSA) is 124 Å². The molecule has 2 heterocycles. The highest BCUT2D eigenvalue weighted by Crippen LogP contribution is 2.42. The zero-order chi connectivity index (χ0) is 19.9. The van der Waals surface area contributed by atoms with Gasteiger partial charge in [0, 0.05) is 19.7 Å². The predicted octanol–water partition coefficient (Wildman–Crippen LogP) is 0.352. The summed E-state index contributed by atoms with van der Waals surface area (Å²) >= 11 is 0. The van der Waals surface area contributed by atoms with Gasteiger partial charge in [-0.25, -0.2) is 4.79 Å². The zero-order valence-electron chi connectivity index (χ0n) is 15.4. The van der Waals surface area contributed by atoms with Crippen molar-refractivity contribution in [2.24, 2.45) is 19.8 Å². The summed E-state index contributed by atoms with van der Waals surface area (Å²) in [6.07, 6.45) is 0. The Hall–Kier alpha value is -3.67. The summed E-state index contributed by atoms with van der Waals surface area (Å²) in [5, 5.41) is 12.5. The SMILES string of the molecule is COc1ccc(OC)c(C2C(C#N)=C(N)Nc3c2c(=O)n(C)c(=O)n3C)c1. The number of fused-ring (bicyclic) bond motifs is 1. The lowest BCUT2D eigenvalue weighted by atomic mass is 9.83. The number of hydrogen-bond acceptors (Lipinski definition) is 7. The number of nitriles is 1. The van der Waals surface area contributed by atoms with Gasteiger partial charge in [0.15, 0.2) is 0 Å². The third-order valence-corrected chi connectivity index (χ3v) is 4.69. The van der Waals surface area contributed by atoms with Gasteiger partial charge >= 0.3 is 5.69 Å². The van der Waals surface area contributed by atoms with Crippen molar-refractivity contribution in [3.05, 3.63) is 61.6 Å². The maximum Gasteiger partial charge on any atom is 0.332 e. The molecule has 0 spiro atoms. The van der Waals surface area contributed by atoms with Crippen LogP contribution in [0.4, 0.5) is 5.82 Å². The molecule has 0 bridgehead atoms. The Morgan fingerprint density at radius 1 is 1.19 bits per heavy atom. The summed E-state index contributed by atoms with van der Waals surface area (Å²) in [4.78, 5) is 25.3. The molecule has 1 unspecified atom stereocenters. The summed E-state index contributed by atoms with van der Waals surface area (Å²) in [5.41, 5.74) is 5.96. The van der Waals surface area contributed by atoms with Crippen LogP contribution in [0.1, 0.15) is 17.0 Å². The average Bonchev–Trinajstić information content (AvgIpc) is 2.69. The lowest BCUT2D eigenvalue weighted by Crippen LogP contribution is -2.43. The molecule has 0 fully saturated rings. The number of hydrogen-bond donors (Lipinski definition) is 2. The number of allylic oxidation sites excluding steroid dienone is 1. The Balaban J connectivity index is 2.46. The molecule has 3 N–H and O–H groups in total. The standard InChI is InChI=1S/C18H19N5O4/c1-22-16-14(17(24)23(2)18(22)25)13(11(8-19)15(20)21-16)10-7-9(26-3)5-6-12(10)27-4/h5-7,13,21H,20H2,1-4H3. The van der Waals surface area contributed by atoms with Gasteiger partial charge in [0.05, 0.1) is 37.3 Å². The van der Waals surface area contributed by atoms with Crippen LogP contribution in [0.15, 0.2) is 39.2 Å². The van der Waals surface area contributed by atoms with E-state index in [0.29, 0.717) is 17.1 Å². The summed E-state index contributed by atoms with van der Waals surface area (Å²) in [5.74, 6) is 0.493. The molecule has 3 rings (SSSR count). The third kappa shape index (κ3) is 2.62. The fourth-order valence-corrected chi connectivity index (χ4v) is 3.28. The number of nitrogens with zero attached hydrogens (tertiary/aromatic N) is 3. The second-order valence-corrected chi connectivity index (χ2v) is 6.07. The first-order chi connectivity index (χ1) is 12.8. The highest BCUT2D eigenvalue weighted by molar-refractivity contribution is 5.66. The van der Waals surface area contributed by atoms with Gasteiger partial charge < -0.3 is 20.5 Å². The molecule has 1 aliphatic rings. The normalized spacial score (nSPS) is 15.6. The van der Waals surface area contributed by atoms with Gasteiger partial charge in [0.1, 0.15) is 23.1 Å². The van der Waals surface area contributed by atoms with E-state index in [4.69, 9.17) is 15.2 Å². The summed E-state index contributed by atoms with van der Waals surface area (Å²) < 4.78 is 13.0. The summed E-state index contributed by atoms with van der Waals surface area (Å²) in [7, 11) is 5.92. The van der Waals surface area contributed by atoms with Crippen LogP contribution in [0.5, 0.6) is 11.5 Å². The number of anilines is 1. The molecule has 0 amide bonds. The Morgan fingerprint density at radius 2 is 1.89 bits per heavy atom. The first-order valence-corrected chi connectivity index (χ1v) is 8.04. The lowest BCUT2D eigenvalue weighted by Gasteiger charge is -2.29. The molecule has 1 aromatic heterocycles. The molecule has 0 radical (unpaired) electrons. The van der Waals surface area contributed by atoms with Crippen molar-refractivity contribution >= 4 is 5.82 Å². The number of aromatic nitrogens is 2. The molecule has 140 valence electrons. The smallest absolute Gasteiger partial charge is 0.332 e. The monoisotopic (exact) mass is 369 g/mol. The van der Waals surface area contributed by atoms with Crippen molar-refractivity contribution in [1.82, 2.24) is 9.13 Å². The Kier molecular flexibility index (Phi) is 4.41. The minimum Gasteiger partial charge on any atom is -0.497 e. The first-order valence-electron chi connectivity index (χ1n) is 8.04. The molecule has 1 aromatic carbocycles. The minimum absolute atomic E-state index is 0.0723. The minimum atomic E-state index is -0.818. The van der Waals surface area contributed by atoms with Crippen LogP contribution in [0, 0.1) is 11.3 Å². The van der Waals surface area contributed by atoms with E-state index >= 15 is 0 Å². The fourth-order valence-electron chi connectivity index (χ4n) is 3.28. The molecule has 9 nitrogen and oxygen atoms in total. The number of nitrogens with one attached hydrogen (secondary N) is 1. The molecular formula is C18H19N5O4. The van der Waals surface area contributed by atoms with E-state index in [2.05, 4.69) is 11.4 Å². The van der Waals surface area contributed by atoms with Crippen LogP contribution in [-0.2, 0) is 14.1 Å². The van der Waals surface area contributed by atoms with Crippen molar-refractivity contribution in [2.75, 3.05) is 19.5 Å². The molecule has 0 saturated carbocycles. The quantitative estimate of drug-likeness (QED) is 0.800. The van der Waals surface area contributed by atoms with Crippen LogP contribution < -0.4 is 31.8 Å². The van der Waals surface area contributed by atoms with Gasteiger partial charge in [-0.05, 0) is 18.2 Å². The second-order valence-electron chi connectivity index (χ2n) is 6.07. The number of methoxy groups -OCH3 is 2. The number of ether oxygens (including phenoxy) is 2. The van der Waals surface area contributed by atoms with Gasteiger partial charge in [0.25, 0.3) is 5.56 Å². The van der Waals surface area contributed by atoms with E-state index < -0.39 is 17.2 Å². The molecular weight excluding hydrogens is 350 g/mol. The first kappa shape index (κ1) is 18.1. The van der Waals surface area contributed by atoms with Gasteiger partial charge in [-0.1, -0.05) is 0 Å². The van der Waals surface area contributed by atoms with Crippen LogP contribution in [0.3, 0.4) is 0 Å². The van der Waals surface area contributed by atoms with E-state index in [0.717, 1.165) is 4.57 Å². The molecule has 0 aliphatic carbocycles. The van der Waals surface area contributed by atoms with Crippen LogP contribution in [0.2, 0.25) is 0 Å². The van der Waals surface area contributed by atoms with Crippen molar-refractivity contribution < 1.29 is 9.47 Å². The van der Waals surface area contributed by atoms with E-state index in [1.807, 2.05) is 0 Å². The maximum atomic E-state index is 13.0. The lowest BCUT2D eigenvalue weighted by molar-refractivity contribution is 0.398. The third-order valence-electron chi connectivity index (χ3n) is 4.69. The van der Waals surface area contributed by atoms with Crippen LogP contribution in [-0.4, -0.2) is 23.4 Å². The van der Waals surface area contributed by atoms with E-state index in [1.165, 1.54) is 32.9 Å². The molecule has 1 atom stereocenters. The number of nitrogens with two attached hydrogens (primary N) is 1. The van der Waals surface area contributed by atoms with Crippen LogP contribution in [0.25, 0.3) is 0 Å². The van der Waals surface area contributed by atoms with Crippen molar-refractivity contribution in [1.29, 1.82) is 5.26 Å². The number of rotatable bonds is 3. The van der Waals surface area contributed by atoms with Crippen molar-refractivity contribution in [3.63, 3.8) is 0 Å². The number of benzene rings is 1. The molecule has 0 saturated heterocycles. The van der Waals surface area contributed by atoms with Crippen molar-refractivity contribution in [2.45, 2.75) is 5.92 Å².